The first-order valence-corrected chi connectivity index (χ1v) is 4.47. The zero-order valence-electron chi connectivity index (χ0n) is 8.47. The molecule has 14 heavy (non-hydrogen) atoms. The number of allylic oxidation sites excluding steroid dienone is 1. The van der Waals surface area contributed by atoms with Crippen LogP contribution in [-0.4, -0.2) is 25.4 Å². The Labute approximate surface area is 84.1 Å². The van der Waals surface area contributed by atoms with Gasteiger partial charge in [0.2, 0.25) is 0 Å². The molecule has 0 amide bonds. The SMILES string of the molecule is CN(C)c1ccc(C=CCC=O)cn1. The minimum absolute atomic E-state index is 0.454. The summed E-state index contributed by atoms with van der Waals surface area (Å²) in [6, 6.07) is 3.92. The number of pyridine rings is 1. The molecule has 3 heteroatoms. The maximum atomic E-state index is 10.1. The van der Waals surface area contributed by atoms with Gasteiger partial charge in [-0.3, -0.25) is 0 Å². The van der Waals surface area contributed by atoms with Crippen LogP contribution in [0.1, 0.15) is 12.0 Å². The molecule has 0 bridgehead atoms. The van der Waals surface area contributed by atoms with E-state index in [0.29, 0.717) is 6.42 Å². The van der Waals surface area contributed by atoms with Gasteiger partial charge < -0.3 is 9.69 Å². The van der Waals surface area contributed by atoms with Gasteiger partial charge in [0.05, 0.1) is 0 Å². The lowest BCUT2D eigenvalue weighted by Crippen LogP contribution is -2.09. The van der Waals surface area contributed by atoms with Crippen molar-refractivity contribution in [3.63, 3.8) is 0 Å². The van der Waals surface area contributed by atoms with Crippen molar-refractivity contribution in [1.82, 2.24) is 4.98 Å². The summed E-state index contributed by atoms with van der Waals surface area (Å²) in [5, 5.41) is 0. The number of rotatable bonds is 4. The van der Waals surface area contributed by atoms with Crippen molar-refractivity contribution in [3.05, 3.63) is 30.0 Å². The van der Waals surface area contributed by atoms with Gasteiger partial charge in [0.25, 0.3) is 0 Å². The van der Waals surface area contributed by atoms with Crippen molar-refractivity contribution >= 4 is 18.2 Å². The van der Waals surface area contributed by atoms with Gasteiger partial charge in [-0.2, -0.15) is 0 Å². The highest BCUT2D eigenvalue weighted by molar-refractivity contribution is 5.58. The minimum Gasteiger partial charge on any atom is -0.363 e. The number of aromatic nitrogens is 1. The average Bonchev–Trinajstić information content (AvgIpc) is 2.19. The Morgan fingerprint density at radius 1 is 1.43 bits per heavy atom. The molecule has 1 rings (SSSR count). The van der Waals surface area contributed by atoms with Crippen LogP contribution in [0.2, 0.25) is 0 Å². The summed E-state index contributed by atoms with van der Waals surface area (Å²) in [4.78, 5) is 16.3. The molecule has 0 unspecified atom stereocenters. The summed E-state index contributed by atoms with van der Waals surface area (Å²) in [5.41, 5.74) is 1.01. The first kappa shape index (κ1) is 10.4. The van der Waals surface area contributed by atoms with Crippen molar-refractivity contribution in [2.45, 2.75) is 6.42 Å². The smallest absolute Gasteiger partial charge is 0.127 e. The predicted octanol–water partition coefficient (Wildman–Crippen LogP) is 1.75. The van der Waals surface area contributed by atoms with Gasteiger partial charge in [0.1, 0.15) is 12.1 Å². The van der Waals surface area contributed by atoms with Gasteiger partial charge >= 0.3 is 0 Å². The first-order chi connectivity index (χ1) is 6.74. The topological polar surface area (TPSA) is 33.2 Å². The zero-order chi connectivity index (χ0) is 10.4. The molecule has 0 aromatic carbocycles. The summed E-state index contributed by atoms with van der Waals surface area (Å²) in [5.74, 6) is 0.928. The van der Waals surface area contributed by atoms with E-state index < -0.39 is 0 Å². The molecule has 1 heterocycles. The van der Waals surface area contributed by atoms with Crippen LogP contribution in [0, 0.1) is 0 Å². The van der Waals surface area contributed by atoms with Crippen LogP contribution in [0.25, 0.3) is 6.08 Å². The monoisotopic (exact) mass is 190 g/mol. The molecule has 0 radical (unpaired) electrons. The van der Waals surface area contributed by atoms with Crippen molar-refractivity contribution in [1.29, 1.82) is 0 Å². The molecule has 74 valence electrons. The quantitative estimate of drug-likeness (QED) is 0.678. The van der Waals surface area contributed by atoms with Gasteiger partial charge in [-0.05, 0) is 17.7 Å². The number of carbonyl (C=O) groups is 1. The van der Waals surface area contributed by atoms with E-state index >= 15 is 0 Å². The number of anilines is 1. The van der Waals surface area contributed by atoms with Gasteiger partial charge in [-0.25, -0.2) is 4.98 Å². The molecule has 0 aliphatic rings. The maximum absolute atomic E-state index is 10.1. The fourth-order valence-electron chi connectivity index (χ4n) is 1.02. The van der Waals surface area contributed by atoms with E-state index in [2.05, 4.69) is 4.98 Å². The summed E-state index contributed by atoms with van der Waals surface area (Å²) in [6.07, 6.45) is 6.82. The summed E-state index contributed by atoms with van der Waals surface area (Å²) in [6.45, 7) is 0. The van der Waals surface area contributed by atoms with Gasteiger partial charge in [0, 0.05) is 26.7 Å². The lowest BCUT2D eigenvalue weighted by Gasteiger charge is -2.10. The Hall–Kier alpha value is -1.64. The lowest BCUT2D eigenvalue weighted by molar-refractivity contribution is -0.107. The molecule has 0 saturated heterocycles. The van der Waals surface area contributed by atoms with Crippen molar-refractivity contribution in [2.24, 2.45) is 0 Å². The number of hydrogen-bond donors (Lipinski definition) is 0. The molecular formula is C11H14N2O. The largest absolute Gasteiger partial charge is 0.363 e. The molecule has 0 N–H and O–H groups in total. The number of nitrogens with zero attached hydrogens (tertiary/aromatic N) is 2. The summed E-state index contributed by atoms with van der Waals surface area (Å²) < 4.78 is 0. The Balaban J connectivity index is 2.68. The van der Waals surface area contributed by atoms with E-state index in [0.717, 1.165) is 17.7 Å². The molecule has 0 atom stereocenters. The van der Waals surface area contributed by atoms with Crippen LogP contribution in [-0.2, 0) is 4.79 Å². The van der Waals surface area contributed by atoms with Crippen LogP contribution < -0.4 is 4.90 Å². The molecule has 0 aliphatic carbocycles. The van der Waals surface area contributed by atoms with Gasteiger partial charge in [-0.15, -0.1) is 0 Å². The van der Waals surface area contributed by atoms with Gasteiger partial charge in [0.15, 0.2) is 0 Å². The molecule has 0 fully saturated rings. The van der Waals surface area contributed by atoms with E-state index in [1.54, 1.807) is 6.20 Å². The van der Waals surface area contributed by atoms with Crippen LogP contribution in [0.5, 0.6) is 0 Å². The normalized spacial score (nSPS) is 10.4. The third-order valence-corrected chi connectivity index (χ3v) is 1.77. The second-order valence-electron chi connectivity index (χ2n) is 3.15. The number of aldehydes is 1. The molecule has 0 spiro atoms. The lowest BCUT2D eigenvalue weighted by atomic mass is 10.2. The summed E-state index contributed by atoms with van der Waals surface area (Å²) in [7, 11) is 3.90. The van der Waals surface area contributed by atoms with Crippen LogP contribution in [0.15, 0.2) is 24.4 Å². The Morgan fingerprint density at radius 3 is 2.71 bits per heavy atom. The van der Waals surface area contributed by atoms with Crippen LogP contribution in [0.3, 0.4) is 0 Å². The maximum Gasteiger partial charge on any atom is 0.127 e. The van der Waals surface area contributed by atoms with E-state index in [1.165, 1.54) is 0 Å². The van der Waals surface area contributed by atoms with Crippen molar-refractivity contribution in [2.75, 3.05) is 19.0 Å². The second kappa shape index (κ2) is 5.17. The van der Waals surface area contributed by atoms with Crippen molar-refractivity contribution < 1.29 is 4.79 Å². The fourth-order valence-corrected chi connectivity index (χ4v) is 1.02. The Kier molecular flexibility index (Phi) is 3.85. The predicted molar refractivity (Wildman–Crippen MR) is 58.3 cm³/mol. The Bertz CT molecular complexity index is 315. The second-order valence-corrected chi connectivity index (χ2v) is 3.15. The third-order valence-electron chi connectivity index (χ3n) is 1.77. The van der Waals surface area contributed by atoms with E-state index in [9.17, 15) is 4.79 Å². The van der Waals surface area contributed by atoms with Crippen LogP contribution in [0.4, 0.5) is 5.82 Å². The number of hydrogen-bond acceptors (Lipinski definition) is 3. The standard InChI is InChI=1S/C11H14N2O/c1-13(2)11-7-6-10(9-12-11)5-3-4-8-14/h3,5-9H,4H2,1-2H3. The molecule has 0 saturated carbocycles. The molecule has 0 aliphatic heterocycles. The van der Waals surface area contributed by atoms with E-state index in [4.69, 9.17) is 0 Å². The average molecular weight is 190 g/mol. The van der Waals surface area contributed by atoms with E-state index in [1.807, 2.05) is 43.3 Å². The molecule has 1 aromatic rings. The zero-order valence-corrected chi connectivity index (χ0v) is 8.47. The minimum atomic E-state index is 0.454. The van der Waals surface area contributed by atoms with Crippen LogP contribution >= 0.6 is 0 Å². The first-order valence-electron chi connectivity index (χ1n) is 4.47. The highest BCUT2D eigenvalue weighted by Gasteiger charge is 1.94. The Morgan fingerprint density at radius 2 is 2.21 bits per heavy atom. The van der Waals surface area contributed by atoms with Gasteiger partial charge in [-0.1, -0.05) is 12.2 Å². The summed E-state index contributed by atoms with van der Waals surface area (Å²) >= 11 is 0. The highest BCUT2D eigenvalue weighted by Crippen LogP contribution is 2.08. The van der Waals surface area contributed by atoms with Crippen molar-refractivity contribution in [3.8, 4) is 0 Å². The molecule has 3 nitrogen and oxygen atoms in total. The third kappa shape index (κ3) is 3.01. The highest BCUT2D eigenvalue weighted by atomic mass is 16.1. The van der Waals surface area contributed by atoms with E-state index in [-0.39, 0.29) is 0 Å². The fraction of sp³-hybridized carbons (Fsp3) is 0.273. The number of carbonyl (C=O) groups excluding carboxylic acids is 1. The molecular weight excluding hydrogens is 176 g/mol. The molecule has 1 aromatic heterocycles.